The van der Waals surface area contributed by atoms with Crippen LogP contribution in [0, 0.1) is 6.07 Å². The summed E-state index contributed by atoms with van der Waals surface area (Å²) in [6.45, 7) is 11.2. The number of nitrogens with zero attached hydrogens (tertiary/aromatic N) is 1. The van der Waals surface area contributed by atoms with Crippen molar-refractivity contribution in [2.24, 2.45) is 0 Å². The quantitative estimate of drug-likeness (QED) is 0.159. The number of rotatable bonds is 6. The molecule has 0 bridgehead atoms. The van der Waals surface area contributed by atoms with E-state index in [0.717, 1.165) is 50.2 Å². The number of aromatic nitrogens is 1. The van der Waals surface area contributed by atoms with Crippen molar-refractivity contribution >= 4 is 10.8 Å². The van der Waals surface area contributed by atoms with Gasteiger partial charge in [0.25, 0.3) is 0 Å². The van der Waals surface area contributed by atoms with E-state index in [1.807, 2.05) is 42.6 Å². The molecule has 1 heterocycles. The number of hydrogen-bond donors (Lipinski definition) is 0. The molecule has 0 unspecified atom stereocenters. The van der Waals surface area contributed by atoms with Gasteiger partial charge < -0.3 is 9.72 Å². The molecule has 0 N–H and O–H groups in total. The molecule has 0 amide bonds. The van der Waals surface area contributed by atoms with Crippen LogP contribution >= 0.6 is 0 Å². The van der Waals surface area contributed by atoms with Crippen LogP contribution < -0.4 is 4.74 Å². The zero-order chi connectivity index (χ0) is 29.3. The smallest absolute Gasteiger partial charge is 0.115 e. The zero-order valence-electron chi connectivity index (χ0n) is 25.3. The summed E-state index contributed by atoms with van der Waals surface area (Å²) in [6.07, 6.45) is 1.85. The van der Waals surface area contributed by atoms with Crippen LogP contribution in [-0.2, 0) is 25.5 Å². The maximum atomic E-state index is 6.47. The summed E-state index contributed by atoms with van der Waals surface area (Å²) >= 11 is 0. The molecule has 1 aromatic heterocycles. The molecule has 6 rings (SSSR count). The van der Waals surface area contributed by atoms with Gasteiger partial charge in [0.05, 0.1) is 0 Å². The summed E-state index contributed by atoms with van der Waals surface area (Å²) in [5.41, 5.74) is 9.20. The van der Waals surface area contributed by atoms with Gasteiger partial charge in [-0.05, 0) is 85.4 Å². The van der Waals surface area contributed by atoms with Gasteiger partial charge in [-0.1, -0.05) is 107 Å². The Morgan fingerprint density at radius 2 is 1.33 bits per heavy atom. The number of pyridine rings is 1. The Morgan fingerprint density at radius 3 is 1.93 bits per heavy atom. The minimum absolute atomic E-state index is 0. The van der Waals surface area contributed by atoms with E-state index in [1.54, 1.807) is 0 Å². The van der Waals surface area contributed by atoms with Gasteiger partial charge in [0.2, 0.25) is 0 Å². The predicted molar refractivity (Wildman–Crippen MR) is 176 cm³/mol. The molecule has 0 saturated heterocycles. The van der Waals surface area contributed by atoms with Gasteiger partial charge >= 0.3 is 0 Å². The maximum Gasteiger partial charge on any atom is 0.115 e. The molecule has 2 nitrogen and oxygen atoms in total. The zero-order valence-corrected chi connectivity index (χ0v) is 27.7. The van der Waals surface area contributed by atoms with E-state index < -0.39 is 0 Å². The van der Waals surface area contributed by atoms with Crippen molar-refractivity contribution in [1.29, 1.82) is 0 Å². The predicted octanol–water partition coefficient (Wildman–Crippen LogP) is 11.2. The Kier molecular flexibility index (Phi) is 8.97. The fraction of sp³-hybridized carbons (Fsp3) is 0.175. The molecule has 0 saturated carbocycles. The Hall–Kier alpha value is -4.04. The fourth-order valence-corrected chi connectivity index (χ4v) is 5.31. The molecule has 0 aliphatic carbocycles. The van der Waals surface area contributed by atoms with E-state index in [0.29, 0.717) is 5.92 Å². The molecule has 43 heavy (non-hydrogen) atoms. The second-order valence-electron chi connectivity index (χ2n) is 12.3. The van der Waals surface area contributed by atoms with Crippen molar-refractivity contribution in [3.05, 3.63) is 139 Å². The number of ether oxygens (including phenoxy) is 1. The van der Waals surface area contributed by atoms with Gasteiger partial charge in [-0.2, -0.15) is 0 Å². The molecule has 0 aliphatic heterocycles. The number of fused-ring (bicyclic) bond motifs is 1. The third kappa shape index (κ3) is 6.80. The Balaban J connectivity index is 0.00000368. The minimum atomic E-state index is 0. The molecular weight excluding hydrogens is 703 g/mol. The van der Waals surface area contributed by atoms with E-state index in [1.165, 1.54) is 16.7 Å². The van der Waals surface area contributed by atoms with Crippen LogP contribution in [0.5, 0.6) is 11.5 Å². The average Bonchev–Trinajstić information content (AvgIpc) is 3.01. The molecule has 3 heteroatoms. The first-order chi connectivity index (χ1) is 20.2. The van der Waals surface area contributed by atoms with Crippen molar-refractivity contribution in [2.45, 2.75) is 46.0 Å². The summed E-state index contributed by atoms with van der Waals surface area (Å²) in [5, 5.41) is 2.28. The van der Waals surface area contributed by atoms with Crippen LogP contribution in [0.2, 0.25) is 0 Å². The van der Waals surface area contributed by atoms with Crippen LogP contribution in [0.25, 0.3) is 44.3 Å². The van der Waals surface area contributed by atoms with E-state index in [4.69, 9.17) is 4.74 Å². The molecular formula is C40H36IrNO-. The topological polar surface area (TPSA) is 22.1 Å². The van der Waals surface area contributed by atoms with Gasteiger partial charge in [-0.3, -0.25) is 0 Å². The standard InChI is InChI=1S/C40H36NO.Ir/c1-27(2)28-10-12-29(13-11-28)33-24-34(30-14-18-35(19-15-30)40(3,4)5)26-37(25-33)42-36-20-16-32(17-21-36)39-38-9-7-6-8-31(38)22-23-41-39;/h6-16,18-27H,1-5H3;/q-1;. The number of hydrogen-bond acceptors (Lipinski definition) is 2. The normalized spacial score (nSPS) is 11.4. The molecule has 0 aliphatic rings. The third-order valence-electron chi connectivity index (χ3n) is 7.85. The summed E-state index contributed by atoms with van der Waals surface area (Å²) in [6, 6.07) is 43.9. The summed E-state index contributed by atoms with van der Waals surface area (Å²) < 4.78 is 6.47. The van der Waals surface area contributed by atoms with Crippen LogP contribution in [0.3, 0.4) is 0 Å². The van der Waals surface area contributed by atoms with Crippen molar-refractivity contribution in [3.8, 4) is 45.0 Å². The molecule has 0 fully saturated rings. The molecule has 0 spiro atoms. The maximum absolute atomic E-state index is 6.47. The Bertz CT molecular complexity index is 1830. The van der Waals surface area contributed by atoms with Crippen molar-refractivity contribution in [3.63, 3.8) is 0 Å². The second kappa shape index (κ2) is 12.7. The van der Waals surface area contributed by atoms with Crippen molar-refractivity contribution < 1.29 is 24.8 Å². The number of benzene rings is 5. The summed E-state index contributed by atoms with van der Waals surface area (Å²) in [7, 11) is 0. The third-order valence-corrected chi connectivity index (χ3v) is 7.85. The van der Waals surface area contributed by atoms with E-state index >= 15 is 0 Å². The fourth-order valence-electron chi connectivity index (χ4n) is 5.31. The summed E-state index contributed by atoms with van der Waals surface area (Å²) in [5.74, 6) is 2.02. The first-order valence-corrected chi connectivity index (χ1v) is 14.6. The van der Waals surface area contributed by atoms with Crippen LogP contribution in [-0.4, -0.2) is 4.98 Å². The Morgan fingerprint density at radius 1 is 0.674 bits per heavy atom. The van der Waals surface area contributed by atoms with E-state index in [9.17, 15) is 0 Å². The summed E-state index contributed by atoms with van der Waals surface area (Å²) in [4.78, 5) is 4.65. The first kappa shape index (κ1) is 30.4. The van der Waals surface area contributed by atoms with E-state index in [2.05, 4.69) is 125 Å². The van der Waals surface area contributed by atoms with Crippen LogP contribution in [0.4, 0.5) is 0 Å². The minimum Gasteiger partial charge on any atom is -0.502 e. The molecule has 0 atom stereocenters. The van der Waals surface area contributed by atoms with Gasteiger partial charge in [0.15, 0.2) is 0 Å². The monoisotopic (exact) mass is 739 g/mol. The molecule has 1 radical (unpaired) electrons. The van der Waals surface area contributed by atoms with Crippen LogP contribution in [0.1, 0.15) is 51.7 Å². The van der Waals surface area contributed by atoms with E-state index in [-0.39, 0.29) is 25.5 Å². The van der Waals surface area contributed by atoms with Crippen molar-refractivity contribution in [1.82, 2.24) is 4.98 Å². The molecule has 217 valence electrons. The van der Waals surface area contributed by atoms with Crippen molar-refractivity contribution in [2.75, 3.05) is 0 Å². The Labute approximate surface area is 269 Å². The largest absolute Gasteiger partial charge is 0.502 e. The average molecular weight is 739 g/mol. The van der Waals surface area contributed by atoms with Crippen LogP contribution in [0.15, 0.2) is 121 Å². The second-order valence-corrected chi connectivity index (χ2v) is 12.3. The SMILES string of the molecule is CC(C)c1ccc(-c2cc(Oc3c[c-]c(-c4nccc5ccccc45)cc3)cc(-c3ccc(C(C)(C)C)cc3)c2)cc1.[Ir]. The van der Waals surface area contributed by atoms with Gasteiger partial charge in [-0.15, -0.1) is 29.8 Å². The molecule has 5 aromatic carbocycles. The van der Waals surface area contributed by atoms with Gasteiger partial charge in [0, 0.05) is 32.1 Å². The van der Waals surface area contributed by atoms with Gasteiger partial charge in [0.1, 0.15) is 5.75 Å². The first-order valence-electron chi connectivity index (χ1n) is 14.6. The molecule has 6 aromatic rings. The van der Waals surface area contributed by atoms with Gasteiger partial charge in [-0.25, -0.2) is 0 Å².